The number of pyridine rings is 1. The fourth-order valence-electron chi connectivity index (χ4n) is 2.18. The fourth-order valence-corrected chi connectivity index (χ4v) is 2.18. The Morgan fingerprint density at radius 2 is 2.00 bits per heavy atom. The minimum Gasteiger partial charge on any atom is -0.463 e. The highest BCUT2D eigenvalue weighted by Gasteiger charge is 2.10. The molecular weight excluding hydrogens is 238 g/mol. The van der Waals surface area contributed by atoms with Crippen molar-refractivity contribution in [1.82, 2.24) is 9.88 Å². The van der Waals surface area contributed by atoms with Crippen molar-refractivity contribution >= 4 is 27.7 Å². The highest BCUT2D eigenvalue weighted by atomic mass is 16.3. The SMILES string of the molecule is CN(C)CCNc1nc2ccccc2c2occc12. The molecule has 0 aliphatic rings. The van der Waals surface area contributed by atoms with Crippen LogP contribution in [0.25, 0.3) is 21.9 Å². The summed E-state index contributed by atoms with van der Waals surface area (Å²) in [5, 5.41) is 5.48. The highest BCUT2D eigenvalue weighted by molar-refractivity contribution is 6.06. The third kappa shape index (κ3) is 2.27. The number of rotatable bonds is 4. The molecule has 1 N–H and O–H groups in total. The van der Waals surface area contributed by atoms with Crippen molar-refractivity contribution in [1.29, 1.82) is 0 Å². The summed E-state index contributed by atoms with van der Waals surface area (Å²) in [5.74, 6) is 0.893. The van der Waals surface area contributed by atoms with Crippen LogP contribution in [0.4, 0.5) is 5.82 Å². The Bertz CT molecular complexity index is 703. The monoisotopic (exact) mass is 255 g/mol. The van der Waals surface area contributed by atoms with E-state index in [1.165, 1.54) is 0 Å². The van der Waals surface area contributed by atoms with Gasteiger partial charge in [0.05, 0.1) is 17.2 Å². The molecule has 0 saturated carbocycles. The van der Waals surface area contributed by atoms with Crippen LogP contribution in [0.15, 0.2) is 41.0 Å². The summed E-state index contributed by atoms with van der Waals surface area (Å²) in [5.41, 5.74) is 1.86. The molecule has 98 valence electrons. The van der Waals surface area contributed by atoms with E-state index in [1.54, 1.807) is 6.26 Å². The molecule has 3 rings (SSSR count). The Hall–Kier alpha value is -2.07. The number of hydrogen-bond donors (Lipinski definition) is 1. The number of benzene rings is 1. The van der Waals surface area contributed by atoms with Gasteiger partial charge >= 0.3 is 0 Å². The maximum absolute atomic E-state index is 5.61. The molecule has 19 heavy (non-hydrogen) atoms. The van der Waals surface area contributed by atoms with E-state index in [4.69, 9.17) is 4.42 Å². The van der Waals surface area contributed by atoms with Crippen molar-refractivity contribution in [2.75, 3.05) is 32.5 Å². The topological polar surface area (TPSA) is 41.3 Å². The summed E-state index contributed by atoms with van der Waals surface area (Å²) >= 11 is 0. The van der Waals surface area contributed by atoms with E-state index in [-0.39, 0.29) is 0 Å². The summed E-state index contributed by atoms with van der Waals surface area (Å²) < 4.78 is 5.61. The van der Waals surface area contributed by atoms with Gasteiger partial charge in [-0.25, -0.2) is 4.98 Å². The Balaban J connectivity index is 2.04. The van der Waals surface area contributed by atoms with Crippen LogP contribution in [-0.4, -0.2) is 37.1 Å². The molecule has 0 atom stereocenters. The van der Waals surface area contributed by atoms with Crippen LogP contribution >= 0.6 is 0 Å². The fraction of sp³-hybridized carbons (Fsp3) is 0.267. The molecule has 1 aromatic carbocycles. The van der Waals surface area contributed by atoms with Crippen LogP contribution in [0.2, 0.25) is 0 Å². The second-order valence-electron chi connectivity index (χ2n) is 4.87. The van der Waals surface area contributed by atoms with Gasteiger partial charge in [-0.2, -0.15) is 0 Å². The normalized spacial score (nSPS) is 11.5. The molecule has 0 unspecified atom stereocenters. The minimum atomic E-state index is 0.860. The zero-order chi connectivity index (χ0) is 13.2. The third-order valence-electron chi connectivity index (χ3n) is 3.15. The molecule has 0 aliphatic carbocycles. The van der Waals surface area contributed by atoms with Crippen LogP contribution in [0.5, 0.6) is 0 Å². The van der Waals surface area contributed by atoms with E-state index in [2.05, 4.69) is 29.3 Å². The number of furan rings is 1. The Labute approximate surface area is 112 Å². The lowest BCUT2D eigenvalue weighted by Crippen LogP contribution is -2.21. The quantitative estimate of drug-likeness (QED) is 0.778. The first kappa shape index (κ1) is 12.0. The number of nitrogens with zero attached hydrogens (tertiary/aromatic N) is 2. The molecule has 2 heterocycles. The van der Waals surface area contributed by atoms with E-state index in [0.717, 1.165) is 40.8 Å². The zero-order valence-corrected chi connectivity index (χ0v) is 11.2. The predicted octanol–water partition coefficient (Wildman–Crippen LogP) is 2.95. The lowest BCUT2D eigenvalue weighted by atomic mass is 10.1. The molecule has 4 heteroatoms. The number of fused-ring (bicyclic) bond motifs is 3. The molecule has 4 nitrogen and oxygen atoms in total. The zero-order valence-electron chi connectivity index (χ0n) is 11.2. The second kappa shape index (κ2) is 4.90. The molecule has 0 saturated heterocycles. The van der Waals surface area contributed by atoms with Gasteiger partial charge in [0.15, 0.2) is 0 Å². The number of likely N-dealkylation sites (N-methyl/N-ethyl adjacent to an activating group) is 1. The van der Waals surface area contributed by atoms with Gasteiger partial charge in [0, 0.05) is 18.5 Å². The lowest BCUT2D eigenvalue weighted by Gasteiger charge is -2.12. The first-order valence-electron chi connectivity index (χ1n) is 6.40. The average molecular weight is 255 g/mol. The summed E-state index contributed by atoms with van der Waals surface area (Å²) in [6, 6.07) is 10.0. The largest absolute Gasteiger partial charge is 0.463 e. The standard InChI is InChI=1S/C15H17N3O/c1-18(2)9-8-16-15-12-7-10-19-14(12)11-5-3-4-6-13(11)17-15/h3-7,10H,8-9H2,1-2H3,(H,16,17). The van der Waals surface area contributed by atoms with E-state index < -0.39 is 0 Å². The Morgan fingerprint density at radius 1 is 1.16 bits per heavy atom. The first-order chi connectivity index (χ1) is 9.25. The smallest absolute Gasteiger partial charge is 0.146 e. The predicted molar refractivity (Wildman–Crippen MR) is 78.6 cm³/mol. The maximum atomic E-state index is 5.61. The van der Waals surface area contributed by atoms with Crippen LogP contribution in [0.1, 0.15) is 0 Å². The highest BCUT2D eigenvalue weighted by Crippen LogP contribution is 2.29. The summed E-state index contributed by atoms with van der Waals surface area (Å²) in [7, 11) is 4.12. The van der Waals surface area contributed by atoms with Crippen molar-refractivity contribution < 1.29 is 4.42 Å². The van der Waals surface area contributed by atoms with Crippen molar-refractivity contribution in [2.45, 2.75) is 0 Å². The molecule has 0 radical (unpaired) electrons. The van der Waals surface area contributed by atoms with Gasteiger partial charge < -0.3 is 14.6 Å². The second-order valence-corrected chi connectivity index (χ2v) is 4.87. The molecule has 0 spiro atoms. The van der Waals surface area contributed by atoms with E-state index >= 15 is 0 Å². The third-order valence-corrected chi connectivity index (χ3v) is 3.15. The van der Waals surface area contributed by atoms with E-state index in [0.29, 0.717) is 0 Å². The van der Waals surface area contributed by atoms with Crippen LogP contribution in [0.3, 0.4) is 0 Å². The molecular formula is C15H17N3O. The molecule has 0 aliphatic heterocycles. The Morgan fingerprint density at radius 3 is 2.84 bits per heavy atom. The van der Waals surface area contributed by atoms with Crippen molar-refractivity contribution in [2.24, 2.45) is 0 Å². The van der Waals surface area contributed by atoms with Gasteiger partial charge in [0.25, 0.3) is 0 Å². The molecule has 0 bridgehead atoms. The Kier molecular flexibility index (Phi) is 3.09. The van der Waals surface area contributed by atoms with Crippen molar-refractivity contribution in [3.8, 4) is 0 Å². The maximum Gasteiger partial charge on any atom is 0.146 e. The number of para-hydroxylation sites is 1. The minimum absolute atomic E-state index is 0.860. The average Bonchev–Trinajstić information content (AvgIpc) is 2.88. The molecule has 2 aromatic heterocycles. The van der Waals surface area contributed by atoms with Gasteiger partial charge in [0.1, 0.15) is 11.4 Å². The molecule has 3 aromatic rings. The first-order valence-corrected chi connectivity index (χ1v) is 6.40. The number of nitrogens with one attached hydrogen (secondary N) is 1. The van der Waals surface area contributed by atoms with Crippen LogP contribution < -0.4 is 5.32 Å². The summed E-state index contributed by atoms with van der Waals surface area (Å²) in [4.78, 5) is 6.82. The van der Waals surface area contributed by atoms with Gasteiger partial charge in [-0.15, -0.1) is 0 Å². The van der Waals surface area contributed by atoms with Crippen molar-refractivity contribution in [3.05, 3.63) is 36.6 Å². The van der Waals surface area contributed by atoms with Gasteiger partial charge in [-0.3, -0.25) is 0 Å². The van der Waals surface area contributed by atoms with E-state index in [9.17, 15) is 0 Å². The van der Waals surface area contributed by atoms with Crippen molar-refractivity contribution in [3.63, 3.8) is 0 Å². The van der Waals surface area contributed by atoms with Crippen LogP contribution in [-0.2, 0) is 0 Å². The van der Waals surface area contributed by atoms with Gasteiger partial charge in [0.2, 0.25) is 0 Å². The summed E-state index contributed by atoms with van der Waals surface area (Å²) in [6.07, 6.45) is 1.72. The number of hydrogen-bond acceptors (Lipinski definition) is 4. The molecule has 0 amide bonds. The van der Waals surface area contributed by atoms with Crippen LogP contribution in [0, 0.1) is 0 Å². The lowest BCUT2D eigenvalue weighted by molar-refractivity contribution is 0.425. The summed E-state index contributed by atoms with van der Waals surface area (Å²) in [6.45, 7) is 1.83. The molecule has 0 fully saturated rings. The van der Waals surface area contributed by atoms with E-state index in [1.807, 2.05) is 30.3 Å². The number of aromatic nitrogens is 1. The van der Waals surface area contributed by atoms with Gasteiger partial charge in [-0.05, 0) is 32.3 Å². The number of anilines is 1. The van der Waals surface area contributed by atoms with Gasteiger partial charge in [-0.1, -0.05) is 12.1 Å².